The number of hydrogen-bond acceptors (Lipinski definition) is 3. The second-order valence-electron chi connectivity index (χ2n) is 5.16. The van der Waals surface area contributed by atoms with Gasteiger partial charge in [-0.25, -0.2) is 0 Å². The van der Waals surface area contributed by atoms with Crippen molar-refractivity contribution in [2.75, 3.05) is 12.3 Å². The van der Waals surface area contributed by atoms with Crippen LogP contribution in [0.2, 0.25) is 0 Å². The Morgan fingerprint density at radius 2 is 2.00 bits per heavy atom. The Morgan fingerprint density at radius 3 is 2.67 bits per heavy atom. The maximum atomic E-state index is 12.7. The van der Waals surface area contributed by atoms with Crippen LogP contribution in [0.1, 0.15) is 34.2 Å². The van der Waals surface area contributed by atoms with Gasteiger partial charge in [0.2, 0.25) is 0 Å². The van der Waals surface area contributed by atoms with Crippen molar-refractivity contribution in [1.29, 1.82) is 0 Å². The molecule has 1 aromatic heterocycles. The topological polar surface area (TPSA) is 59.2 Å². The number of pyridine rings is 1. The number of carbonyl (C=O) groups excluding carboxylic acids is 1. The Labute approximate surface area is 125 Å². The molecule has 0 saturated heterocycles. The number of carbonyl (C=O) groups is 1. The van der Waals surface area contributed by atoms with E-state index in [1.54, 1.807) is 11.0 Å². The first kappa shape index (κ1) is 15.0. The molecular weight excluding hydrogens is 262 g/mol. The molecule has 0 aliphatic carbocycles. The standard InChI is InChI=1S/C17H21N3O/c1-4-20(11-15-7-5-6-13(3)19-15)17(21)16-10-14(18)9-8-12(16)2/h5-10H,4,11,18H2,1-3H3. The van der Waals surface area contributed by atoms with Gasteiger partial charge in [0.15, 0.2) is 0 Å². The molecule has 0 radical (unpaired) electrons. The smallest absolute Gasteiger partial charge is 0.254 e. The third-order valence-electron chi connectivity index (χ3n) is 3.46. The van der Waals surface area contributed by atoms with Crippen molar-refractivity contribution < 1.29 is 4.79 Å². The lowest BCUT2D eigenvalue weighted by Crippen LogP contribution is -2.31. The first-order valence-corrected chi connectivity index (χ1v) is 7.09. The van der Waals surface area contributed by atoms with Crippen LogP contribution in [0.4, 0.5) is 5.69 Å². The highest BCUT2D eigenvalue weighted by atomic mass is 16.2. The van der Waals surface area contributed by atoms with Crippen molar-refractivity contribution >= 4 is 11.6 Å². The van der Waals surface area contributed by atoms with Gasteiger partial charge in [0, 0.05) is 23.5 Å². The largest absolute Gasteiger partial charge is 0.399 e. The SMILES string of the molecule is CCN(Cc1cccc(C)n1)C(=O)c1cc(N)ccc1C. The van der Waals surface area contributed by atoms with Gasteiger partial charge in [-0.05, 0) is 50.6 Å². The van der Waals surface area contributed by atoms with E-state index in [1.165, 1.54) is 0 Å². The molecule has 1 aromatic carbocycles. The van der Waals surface area contributed by atoms with Crippen LogP contribution in [0.15, 0.2) is 36.4 Å². The van der Waals surface area contributed by atoms with Gasteiger partial charge in [0.05, 0.1) is 12.2 Å². The van der Waals surface area contributed by atoms with Gasteiger partial charge < -0.3 is 10.6 Å². The van der Waals surface area contributed by atoms with E-state index in [9.17, 15) is 4.79 Å². The van der Waals surface area contributed by atoms with E-state index in [2.05, 4.69) is 4.98 Å². The minimum absolute atomic E-state index is 0.00870. The van der Waals surface area contributed by atoms with E-state index in [1.807, 2.05) is 51.1 Å². The van der Waals surface area contributed by atoms with Crippen LogP contribution in [0, 0.1) is 13.8 Å². The molecule has 4 heteroatoms. The number of nitrogens with two attached hydrogens (primary N) is 1. The summed E-state index contributed by atoms with van der Waals surface area (Å²) in [7, 11) is 0. The number of benzene rings is 1. The van der Waals surface area contributed by atoms with Crippen LogP contribution in [-0.2, 0) is 6.54 Å². The minimum atomic E-state index is -0.00870. The Balaban J connectivity index is 2.24. The zero-order valence-electron chi connectivity index (χ0n) is 12.8. The molecule has 0 saturated carbocycles. The average Bonchev–Trinajstić information content (AvgIpc) is 2.46. The molecule has 0 unspecified atom stereocenters. The molecule has 1 amide bonds. The van der Waals surface area contributed by atoms with Crippen molar-refractivity contribution in [2.45, 2.75) is 27.3 Å². The van der Waals surface area contributed by atoms with E-state index in [0.717, 1.165) is 17.0 Å². The van der Waals surface area contributed by atoms with Gasteiger partial charge in [-0.3, -0.25) is 9.78 Å². The van der Waals surface area contributed by atoms with Crippen molar-refractivity contribution in [3.63, 3.8) is 0 Å². The van der Waals surface area contributed by atoms with Crippen molar-refractivity contribution in [2.24, 2.45) is 0 Å². The Bertz CT molecular complexity index is 652. The highest BCUT2D eigenvalue weighted by Crippen LogP contribution is 2.16. The second kappa shape index (κ2) is 6.39. The minimum Gasteiger partial charge on any atom is -0.399 e. The number of amides is 1. The number of aromatic nitrogens is 1. The quantitative estimate of drug-likeness (QED) is 0.878. The van der Waals surface area contributed by atoms with Crippen LogP contribution in [0.3, 0.4) is 0 Å². The molecule has 21 heavy (non-hydrogen) atoms. The fraction of sp³-hybridized carbons (Fsp3) is 0.294. The predicted octanol–water partition coefficient (Wildman–Crippen LogP) is 2.94. The van der Waals surface area contributed by atoms with E-state index in [0.29, 0.717) is 24.3 Å². The molecule has 2 rings (SSSR count). The maximum absolute atomic E-state index is 12.7. The second-order valence-corrected chi connectivity index (χ2v) is 5.16. The summed E-state index contributed by atoms with van der Waals surface area (Å²) >= 11 is 0. The fourth-order valence-corrected chi connectivity index (χ4v) is 2.25. The summed E-state index contributed by atoms with van der Waals surface area (Å²) in [5, 5.41) is 0. The summed E-state index contributed by atoms with van der Waals surface area (Å²) in [6.07, 6.45) is 0. The molecule has 2 aromatic rings. The Kier molecular flexibility index (Phi) is 4.58. The monoisotopic (exact) mass is 283 g/mol. The van der Waals surface area contributed by atoms with Gasteiger partial charge in [-0.1, -0.05) is 12.1 Å². The molecule has 1 heterocycles. The summed E-state index contributed by atoms with van der Waals surface area (Å²) < 4.78 is 0. The van der Waals surface area contributed by atoms with Crippen molar-refractivity contribution in [3.8, 4) is 0 Å². The maximum Gasteiger partial charge on any atom is 0.254 e. The lowest BCUT2D eigenvalue weighted by molar-refractivity contribution is 0.0750. The van der Waals surface area contributed by atoms with E-state index < -0.39 is 0 Å². The van der Waals surface area contributed by atoms with Crippen LogP contribution < -0.4 is 5.73 Å². The number of anilines is 1. The molecule has 0 atom stereocenters. The molecule has 0 bridgehead atoms. The summed E-state index contributed by atoms with van der Waals surface area (Å²) in [5.41, 5.74) is 9.84. The van der Waals surface area contributed by atoms with Crippen molar-refractivity contribution in [1.82, 2.24) is 9.88 Å². The molecule has 0 spiro atoms. The molecule has 4 nitrogen and oxygen atoms in total. The summed E-state index contributed by atoms with van der Waals surface area (Å²) in [6, 6.07) is 11.3. The molecule has 110 valence electrons. The van der Waals surface area contributed by atoms with E-state index in [-0.39, 0.29) is 5.91 Å². The fourth-order valence-electron chi connectivity index (χ4n) is 2.25. The normalized spacial score (nSPS) is 10.4. The molecule has 0 aliphatic heterocycles. The van der Waals surface area contributed by atoms with Gasteiger partial charge in [0.25, 0.3) is 5.91 Å². The van der Waals surface area contributed by atoms with E-state index >= 15 is 0 Å². The van der Waals surface area contributed by atoms with Gasteiger partial charge in [-0.15, -0.1) is 0 Å². The average molecular weight is 283 g/mol. The number of rotatable bonds is 4. The molecule has 2 N–H and O–H groups in total. The number of nitrogens with zero attached hydrogens (tertiary/aromatic N) is 2. The number of hydrogen-bond donors (Lipinski definition) is 1. The lowest BCUT2D eigenvalue weighted by Gasteiger charge is -2.22. The third kappa shape index (κ3) is 3.60. The molecule has 0 aliphatic rings. The Hall–Kier alpha value is -2.36. The summed E-state index contributed by atoms with van der Waals surface area (Å²) in [5.74, 6) is -0.00870. The first-order chi connectivity index (χ1) is 10.0. The van der Waals surface area contributed by atoms with Gasteiger partial charge in [-0.2, -0.15) is 0 Å². The summed E-state index contributed by atoms with van der Waals surface area (Å²) in [6.45, 7) is 6.97. The lowest BCUT2D eigenvalue weighted by atomic mass is 10.1. The number of aryl methyl sites for hydroxylation is 2. The van der Waals surface area contributed by atoms with E-state index in [4.69, 9.17) is 5.73 Å². The third-order valence-corrected chi connectivity index (χ3v) is 3.46. The zero-order chi connectivity index (χ0) is 15.4. The number of nitrogen functional groups attached to an aromatic ring is 1. The van der Waals surface area contributed by atoms with Gasteiger partial charge >= 0.3 is 0 Å². The zero-order valence-corrected chi connectivity index (χ0v) is 12.8. The Morgan fingerprint density at radius 1 is 1.24 bits per heavy atom. The van der Waals surface area contributed by atoms with Gasteiger partial charge in [0.1, 0.15) is 0 Å². The van der Waals surface area contributed by atoms with Crippen LogP contribution >= 0.6 is 0 Å². The predicted molar refractivity (Wildman–Crippen MR) is 85.0 cm³/mol. The van der Waals surface area contributed by atoms with Crippen LogP contribution in [0.5, 0.6) is 0 Å². The highest BCUT2D eigenvalue weighted by molar-refractivity contribution is 5.96. The first-order valence-electron chi connectivity index (χ1n) is 7.09. The van der Waals surface area contributed by atoms with Crippen LogP contribution in [0.25, 0.3) is 0 Å². The molecular formula is C17H21N3O. The highest BCUT2D eigenvalue weighted by Gasteiger charge is 2.17. The molecule has 0 fully saturated rings. The summed E-state index contributed by atoms with van der Waals surface area (Å²) in [4.78, 5) is 18.9. The van der Waals surface area contributed by atoms with Crippen LogP contribution in [-0.4, -0.2) is 22.3 Å². The van der Waals surface area contributed by atoms with Crippen molar-refractivity contribution in [3.05, 3.63) is 58.9 Å².